The van der Waals surface area contributed by atoms with Crippen molar-refractivity contribution >= 4 is 21.4 Å². The fourth-order valence-electron chi connectivity index (χ4n) is 2.53. The molecule has 0 unspecified atom stereocenters. The van der Waals surface area contributed by atoms with Crippen LogP contribution in [0.5, 0.6) is 0 Å². The van der Waals surface area contributed by atoms with Gasteiger partial charge in [0, 0.05) is 23.7 Å². The topological polar surface area (TPSA) is 81.1 Å². The number of rotatable bonds is 4. The van der Waals surface area contributed by atoms with Crippen LogP contribution >= 0.6 is 0 Å². The number of carbonyl (C=O) groups is 1. The summed E-state index contributed by atoms with van der Waals surface area (Å²) in [6.45, 7) is 3.68. The van der Waals surface area contributed by atoms with Gasteiger partial charge in [0.1, 0.15) is 0 Å². The maximum absolute atomic E-state index is 12.5. The quantitative estimate of drug-likeness (QED) is 0.766. The van der Waals surface area contributed by atoms with E-state index in [2.05, 4.69) is 10.4 Å². The standard InChI is InChI=1S/C19H19N3O3S/c1-13-4-9-17(26(3,24)25)12-18(13)19(23)20-15-5-7-16(8-6-15)22-11-10-14(2)21-22/h4-12H,1-3H3,(H,20,23). The van der Waals surface area contributed by atoms with Crippen molar-refractivity contribution in [2.24, 2.45) is 0 Å². The summed E-state index contributed by atoms with van der Waals surface area (Å²) in [6.07, 6.45) is 2.98. The predicted molar refractivity (Wildman–Crippen MR) is 101 cm³/mol. The van der Waals surface area contributed by atoms with Crippen molar-refractivity contribution in [1.29, 1.82) is 0 Å². The van der Waals surface area contributed by atoms with Crippen molar-refractivity contribution in [3.05, 3.63) is 71.5 Å². The highest BCUT2D eigenvalue weighted by molar-refractivity contribution is 7.90. The number of hydrogen-bond acceptors (Lipinski definition) is 4. The molecule has 3 rings (SSSR count). The van der Waals surface area contributed by atoms with E-state index in [0.717, 1.165) is 17.6 Å². The van der Waals surface area contributed by atoms with Crippen LogP contribution in [-0.4, -0.2) is 30.4 Å². The Morgan fingerprint density at radius 3 is 2.31 bits per heavy atom. The lowest BCUT2D eigenvalue weighted by molar-refractivity contribution is 0.102. The number of anilines is 1. The van der Waals surface area contributed by atoms with E-state index in [1.807, 2.05) is 31.3 Å². The number of amides is 1. The molecule has 0 aliphatic carbocycles. The highest BCUT2D eigenvalue weighted by atomic mass is 32.2. The molecule has 1 heterocycles. The van der Waals surface area contributed by atoms with Crippen LogP contribution in [0.2, 0.25) is 0 Å². The van der Waals surface area contributed by atoms with E-state index >= 15 is 0 Å². The van der Waals surface area contributed by atoms with E-state index in [4.69, 9.17) is 0 Å². The van der Waals surface area contributed by atoms with Gasteiger partial charge in [0.2, 0.25) is 0 Å². The SMILES string of the molecule is Cc1ccn(-c2ccc(NC(=O)c3cc(S(C)(=O)=O)ccc3C)cc2)n1. The molecule has 6 nitrogen and oxygen atoms in total. The molecule has 0 atom stereocenters. The Labute approximate surface area is 152 Å². The first-order chi connectivity index (χ1) is 12.2. The summed E-state index contributed by atoms with van der Waals surface area (Å²) < 4.78 is 25.2. The number of sulfone groups is 1. The van der Waals surface area contributed by atoms with Crippen molar-refractivity contribution in [1.82, 2.24) is 9.78 Å². The summed E-state index contributed by atoms with van der Waals surface area (Å²) in [4.78, 5) is 12.7. The third-order valence-corrected chi connectivity index (χ3v) is 5.10. The third-order valence-electron chi connectivity index (χ3n) is 3.99. The minimum absolute atomic E-state index is 0.123. The number of nitrogens with one attached hydrogen (secondary N) is 1. The maximum atomic E-state index is 12.5. The second-order valence-corrected chi connectivity index (χ2v) is 8.17. The second-order valence-electron chi connectivity index (χ2n) is 6.15. The van der Waals surface area contributed by atoms with Gasteiger partial charge in [-0.1, -0.05) is 6.07 Å². The largest absolute Gasteiger partial charge is 0.322 e. The number of benzene rings is 2. The van der Waals surface area contributed by atoms with Gasteiger partial charge in [0.15, 0.2) is 9.84 Å². The molecule has 0 spiro atoms. The molecule has 0 radical (unpaired) electrons. The molecule has 3 aromatic rings. The van der Waals surface area contributed by atoms with Crippen LogP contribution in [0.15, 0.2) is 59.6 Å². The minimum atomic E-state index is -3.37. The van der Waals surface area contributed by atoms with E-state index in [9.17, 15) is 13.2 Å². The summed E-state index contributed by atoms with van der Waals surface area (Å²) in [5.41, 5.74) is 3.46. The van der Waals surface area contributed by atoms with Gasteiger partial charge in [-0.2, -0.15) is 5.10 Å². The van der Waals surface area contributed by atoms with E-state index in [1.54, 1.807) is 29.8 Å². The fraction of sp³-hybridized carbons (Fsp3) is 0.158. The lowest BCUT2D eigenvalue weighted by Crippen LogP contribution is -2.14. The van der Waals surface area contributed by atoms with Crippen molar-refractivity contribution in [3.8, 4) is 5.69 Å². The molecule has 0 aliphatic heterocycles. The lowest BCUT2D eigenvalue weighted by atomic mass is 10.1. The molecular weight excluding hydrogens is 350 g/mol. The smallest absolute Gasteiger partial charge is 0.255 e. The molecule has 1 N–H and O–H groups in total. The number of aromatic nitrogens is 2. The molecule has 2 aromatic carbocycles. The Kier molecular flexibility index (Phi) is 4.65. The van der Waals surface area contributed by atoms with Crippen LogP contribution in [0.3, 0.4) is 0 Å². The van der Waals surface area contributed by atoms with Crippen LogP contribution in [0, 0.1) is 13.8 Å². The summed E-state index contributed by atoms with van der Waals surface area (Å²) >= 11 is 0. The highest BCUT2D eigenvalue weighted by Crippen LogP contribution is 2.18. The van der Waals surface area contributed by atoms with Crippen molar-refractivity contribution in [3.63, 3.8) is 0 Å². The normalized spacial score (nSPS) is 11.3. The van der Waals surface area contributed by atoms with E-state index < -0.39 is 9.84 Å². The van der Waals surface area contributed by atoms with Crippen molar-refractivity contribution in [2.75, 3.05) is 11.6 Å². The highest BCUT2D eigenvalue weighted by Gasteiger charge is 2.14. The zero-order valence-corrected chi connectivity index (χ0v) is 15.5. The molecule has 26 heavy (non-hydrogen) atoms. The molecule has 0 saturated heterocycles. The Hall–Kier alpha value is -2.93. The van der Waals surface area contributed by atoms with E-state index in [-0.39, 0.29) is 10.8 Å². The average molecular weight is 369 g/mol. The van der Waals surface area contributed by atoms with Gasteiger partial charge >= 0.3 is 0 Å². The first-order valence-corrected chi connectivity index (χ1v) is 9.88. The van der Waals surface area contributed by atoms with Gasteiger partial charge < -0.3 is 5.32 Å². The first kappa shape index (κ1) is 17.9. The monoisotopic (exact) mass is 369 g/mol. The lowest BCUT2D eigenvalue weighted by Gasteiger charge is -2.10. The molecule has 0 bridgehead atoms. The van der Waals surface area contributed by atoms with Gasteiger partial charge in [-0.3, -0.25) is 4.79 Å². The van der Waals surface area contributed by atoms with E-state index in [1.165, 1.54) is 12.1 Å². The van der Waals surface area contributed by atoms with Crippen LogP contribution in [0.25, 0.3) is 5.69 Å². The Morgan fingerprint density at radius 1 is 1.04 bits per heavy atom. The first-order valence-electron chi connectivity index (χ1n) is 7.99. The van der Waals surface area contributed by atoms with E-state index in [0.29, 0.717) is 16.8 Å². The number of hydrogen-bond donors (Lipinski definition) is 1. The Morgan fingerprint density at radius 2 is 1.73 bits per heavy atom. The molecule has 1 aromatic heterocycles. The molecule has 134 valence electrons. The minimum Gasteiger partial charge on any atom is -0.322 e. The van der Waals surface area contributed by atoms with Crippen molar-refractivity contribution in [2.45, 2.75) is 18.7 Å². The summed E-state index contributed by atoms with van der Waals surface area (Å²) in [5, 5.41) is 7.13. The van der Waals surface area contributed by atoms with Gasteiger partial charge in [-0.15, -0.1) is 0 Å². The third kappa shape index (κ3) is 3.83. The van der Waals surface area contributed by atoms with Gasteiger partial charge in [0.25, 0.3) is 5.91 Å². The predicted octanol–water partition coefficient (Wildman–Crippen LogP) is 3.14. The zero-order chi connectivity index (χ0) is 18.9. The van der Waals surface area contributed by atoms with Gasteiger partial charge in [-0.25, -0.2) is 13.1 Å². The van der Waals surface area contributed by atoms with Gasteiger partial charge in [-0.05, 0) is 61.9 Å². The Bertz CT molecular complexity index is 1070. The molecule has 0 aliphatic rings. The summed E-state index contributed by atoms with van der Waals surface area (Å²) in [6, 6.07) is 13.7. The molecule has 0 saturated carbocycles. The number of carbonyl (C=O) groups excluding carboxylic acids is 1. The van der Waals surface area contributed by atoms with Gasteiger partial charge in [0.05, 0.1) is 16.3 Å². The number of aryl methyl sites for hydroxylation is 2. The van der Waals surface area contributed by atoms with Crippen LogP contribution < -0.4 is 5.32 Å². The average Bonchev–Trinajstić information content (AvgIpc) is 3.01. The zero-order valence-electron chi connectivity index (χ0n) is 14.7. The second kappa shape index (κ2) is 6.76. The molecule has 7 heteroatoms. The maximum Gasteiger partial charge on any atom is 0.255 e. The molecule has 0 fully saturated rings. The fourth-order valence-corrected chi connectivity index (χ4v) is 3.18. The van der Waals surface area contributed by atoms with Crippen LogP contribution in [0.4, 0.5) is 5.69 Å². The van der Waals surface area contributed by atoms with Crippen LogP contribution in [0.1, 0.15) is 21.6 Å². The Balaban J connectivity index is 1.82. The molecule has 1 amide bonds. The summed E-state index contributed by atoms with van der Waals surface area (Å²) in [5.74, 6) is -0.351. The van der Waals surface area contributed by atoms with Crippen LogP contribution in [-0.2, 0) is 9.84 Å². The molecular formula is C19H19N3O3S. The summed E-state index contributed by atoms with van der Waals surface area (Å²) in [7, 11) is -3.37. The number of nitrogens with zero attached hydrogens (tertiary/aromatic N) is 2. The van der Waals surface area contributed by atoms with Crippen molar-refractivity contribution < 1.29 is 13.2 Å².